The summed E-state index contributed by atoms with van der Waals surface area (Å²) in [6.45, 7) is 8.57. The van der Waals surface area contributed by atoms with Crippen LogP contribution in [-0.4, -0.2) is 48.1 Å². The number of aromatic nitrogens is 1. The SMILES string of the molecule is CCC(CC)C(CN=C(N)NCCc1ccccn1)N1CCCC1. The van der Waals surface area contributed by atoms with Gasteiger partial charge in [0.25, 0.3) is 0 Å². The molecule has 0 saturated carbocycles. The number of hydrogen-bond donors (Lipinski definition) is 2. The van der Waals surface area contributed by atoms with Crippen molar-refractivity contribution in [3.63, 3.8) is 0 Å². The van der Waals surface area contributed by atoms with E-state index in [-0.39, 0.29) is 0 Å². The van der Waals surface area contributed by atoms with Gasteiger partial charge in [0.1, 0.15) is 0 Å². The Bertz CT molecular complexity index is 476. The largest absolute Gasteiger partial charge is 0.370 e. The summed E-state index contributed by atoms with van der Waals surface area (Å²) in [5.74, 6) is 1.26. The predicted molar refractivity (Wildman–Crippen MR) is 101 cm³/mol. The molecule has 1 aromatic heterocycles. The Hall–Kier alpha value is -1.62. The van der Waals surface area contributed by atoms with Gasteiger partial charge in [0.2, 0.25) is 0 Å². The van der Waals surface area contributed by atoms with E-state index in [1.165, 1.54) is 38.8 Å². The molecule has 24 heavy (non-hydrogen) atoms. The molecule has 134 valence electrons. The number of nitrogens with zero attached hydrogens (tertiary/aromatic N) is 3. The van der Waals surface area contributed by atoms with Crippen molar-refractivity contribution in [1.29, 1.82) is 0 Å². The molecule has 2 rings (SSSR count). The number of pyridine rings is 1. The zero-order valence-electron chi connectivity index (χ0n) is 15.2. The molecule has 3 N–H and O–H groups in total. The summed E-state index contributed by atoms with van der Waals surface area (Å²) in [6.07, 6.45) is 7.74. The van der Waals surface area contributed by atoms with Gasteiger partial charge in [0.05, 0.1) is 6.54 Å². The molecule has 5 nitrogen and oxygen atoms in total. The standard InChI is InChI=1S/C19H33N5/c1-3-16(4-2)18(24-13-7-8-14-24)15-23-19(20)22-12-10-17-9-5-6-11-21-17/h5-6,9,11,16,18H,3-4,7-8,10,12-15H2,1-2H3,(H3,20,22,23). The van der Waals surface area contributed by atoms with Crippen molar-refractivity contribution < 1.29 is 0 Å². The van der Waals surface area contributed by atoms with Crippen LogP contribution in [0.1, 0.15) is 45.2 Å². The van der Waals surface area contributed by atoms with E-state index >= 15 is 0 Å². The van der Waals surface area contributed by atoms with Gasteiger partial charge < -0.3 is 11.1 Å². The van der Waals surface area contributed by atoms with Crippen molar-refractivity contribution in [2.45, 2.75) is 52.0 Å². The molecule has 5 heteroatoms. The van der Waals surface area contributed by atoms with Gasteiger partial charge in [-0.15, -0.1) is 0 Å². The summed E-state index contributed by atoms with van der Waals surface area (Å²) in [5, 5.41) is 3.22. The lowest BCUT2D eigenvalue weighted by Crippen LogP contribution is -2.42. The lowest BCUT2D eigenvalue weighted by atomic mass is 9.93. The topological polar surface area (TPSA) is 66.5 Å². The first kappa shape index (κ1) is 18.7. The van der Waals surface area contributed by atoms with Crippen LogP contribution in [0.5, 0.6) is 0 Å². The first-order valence-corrected chi connectivity index (χ1v) is 9.42. The highest BCUT2D eigenvalue weighted by atomic mass is 15.2. The average molecular weight is 332 g/mol. The van der Waals surface area contributed by atoms with Crippen LogP contribution in [0.25, 0.3) is 0 Å². The van der Waals surface area contributed by atoms with Crippen LogP contribution < -0.4 is 11.1 Å². The molecule has 2 heterocycles. The minimum Gasteiger partial charge on any atom is -0.370 e. The van der Waals surface area contributed by atoms with Crippen molar-refractivity contribution in [1.82, 2.24) is 15.2 Å². The van der Waals surface area contributed by atoms with Gasteiger partial charge in [-0.3, -0.25) is 14.9 Å². The van der Waals surface area contributed by atoms with Crippen molar-refractivity contribution in [2.75, 3.05) is 26.2 Å². The fraction of sp³-hybridized carbons (Fsp3) is 0.684. The van der Waals surface area contributed by atoms with Crippen molar-refractivity contribution in [2.24, 2.45) is 16.6 Å². The van der Waals surface area contributed by atoms with Crippen molar-refractivity contribution in [3.8, 4) is 0 Å². The monoisotopic (exact) mass is 331 g/mol. The van der Waals surface area contributed by atoms with Gasteiger partial charge in [-0.1, -0.05) is 32.8 Å². The second kappa shape index (κ2) is 10.3. The zero-order valence-corrected chi connectivity index (χ0v) is 15.2. The average Bonchev–Trinajstić information content (AvgIpc) is 3.14. The molecule has 1 aliphatic heterocycles. The predicted octanol–water partition coefficient (Wildman–Crippen LogP) is 2.43. The number of guanidine groups is 1. The lowest BCUT2D eigenvalue weighted by molar-refractivity contribution is 0.172. The Labute approximate surface area is 146 Å². The van der Waals surface area contributed by atoms with E-state index in [2.05, 4.69) is 34.0 Å². The van der Waals surface area contributed by atoms with E-state index in [1.807, 2.05) is 24.4 Å². The second-order valence-electron chi connectivity index (χ2n) is 6.61. The van der Waals surface area contributed by atoms with Gasteiger partial charge >= 0.3 is 0 Å². The first-order chi connectivity index (χ1) is 11.7. The van der Waals surface area contributed by atoms with E-state index in [4.69, 9.17) is 5.73 Å². The summed E-state index contributed by atoms with van der Waals surface area (Å²) in [5.41, 5.74) is 7.14. The first-order valence-electron chi connectivity index (χ1n) is 9.42. The molecule has 0 bridgehead atoms. The molecule has 1 saturated heterocycles. The maximum absolute atomic E-state index is 6.07. The fourth-order valence-corrected chi connectivity index (χ4v) is 3.58. The molecule has 0 radical (unpaired) electrons. The van der Waals surface area contributed by atoms with E-state index < -0.39 is 0 Å². The third-order valence-corrected chi connectivity index (χ3v) is 5.06. The third kappa shape index (κ3) is 5.78. The van der Waals surface area contributed by atoms with Gasteiger partial charge in [-0.05, 0) is 44.0 Å². The van der Waals surface area contributed by atoms with Crippen molar-refractivity contribution >= 4 is 5.96 Å². The molecule has 1 aliphatic rings. The normalized spacial score (nSPS) is 17.4. The van der Waals surface area contributed by atoms with Gasteiger partial charge in [0, 0.05) is 30.9 Å². The molecule has 1 aromatic rings. The Morgan fingerprint density at radius 1 is 1.29 bits per heavy atom. The van der Waals surface area contributed by atoms with Crippen LogP contribution in [-0.2, 0) is 6.42 Å². The Morgan fingerprint density at radius 3 is 2.67 bits per heavy atom. The number of nitrogens with one attached hydrogen (secondary N) is 1. The summed E-state index contributed by atoms with van der Waals surface area (Å²) in [4.78, 5) is 11.6. The minimum atomic E-state index is 0.527. The van der Waals surface area contributed by atoms with E-state index in [9.17, 15) is 0 Å². The molecule has 0 amide bonds. The summed E-state index contributed by atoms with van der Waals surface area (Å²) >= 11 is 0. The maximum atomic E-state index is 6.07. The number of hydrogen-bond acceptors (Lipinski definition) is 3. The molecule has 0 aliphatic carbocycles. The minimum absolute atomic E-state index is 0.527. The van der Waals surface area contributed by atoms with E-state index in [0.29, 0.717) is 17.9 Å². The molecule has 0 aromatic carbocycles. The Kier molecular flexibility index (Phi) is 8.02. The van der Waals surface area contributed by atoms with E-state index in [1.54, 1.807) is 0 Å². The van der Waals surface area contributed by atoms with Crippen LogP contribution in [0.3, 0.4) is 0 Å². The summed E-state index contributed by atoms with van der Waals surface area (Å²) in [6, 6.07) is 6.50. The molecule has 0 spiro atoms. The van der Waals surface area contributed by atoms with Gasteiger partial charge in [-0.25, -0.2) is 0 Å². The molecular weight excluding hydrogens is 298 g/mol. The maximum Gasteiger partial charge on any atom is 0.188 e. The van der Waals surface area contributed by atoms with Gasteiger partial charge in [0.15, 0.2) is 5.96 Å². The number of rotatable bonds is 9. The summed E-state index contributed by atoms with van der Waals surface area (Å²) < 4.78 is 0. The van der Waals surface area contributed by atoms with Crippen LogP contribution in [0.4, 0.5) is 0 Å². The quantitative estimate of drug-likeness (QED) is 0.539. The zero-order chi connectivity index (χ0) is 17.2. The lowest BCUT2D eigenvalue weighted by Gasteiger charge is -2.32. The highest BCUT2D eigenvalue weighted by molar-refractivity contribution is 5.77. The number of nitrogens with two attached hydrogens (primary N) is 1. The molecule has 1 atom stereocenters. The van der Waals surface area contributed by atoms with Crippen LogP contribution in [0.15, 0.2) is 29.4 Å². The second-order valence-corrected chi connectivity index (χ2v) is 6.61. The highest BCUT2D eigenvalue weighted by Crippen LogP contribution is 2.23. The van der Waals surface area contributed by atoms with Crippen LogP contribution >= 0.6 is 0 Å². The molecule has 1 unspecified atom stereocenters. The molecular formula is C19H33N5. The number of likely N-dealkylation sites (tertiary alicyclic amines) is 1. The molecule has 1 fully saturated rings. The Morgan fingerprint density at radius 2 is 2.04 bits per heavy atom. The number of aliphatic imine (C=N–C) groups is 1. The van der Waals surface area contributed by atoms with Gasteiger partial charge in [-0.2, -0.15) is 0 Å². The van der Waals surface area contributed by atoms with Crippen LogP contribution in [0, 0.1) is 5.92 Å². The van der Waals surface area contributed by atoms with Crippen molar-refractivity contribution in [3.05, 3.63) is 30.1 Å². The smallest absolute Gasteiger partial charge is 0.188 e. The van der Waals surface area contributed by atoms with E-state index in [0.717, 1.165) is 25.2 Å². The Balaban J connectivity index is 1.82. The van der Waals surface area contributed by atoms with Crippen LogP contribution in [0.2, 0.25) is 0 Å². The summed E-state index contributed by atoms with van der Waals surface area (Å²) in [7, 11) is 0. The fourth-order valence-electron chi connectivity index (χ4n) is 3.58. The third-order valence-electron chi connectivity index (χ3n) is 5.06. The highest BCUT2D eigenvalue weighted by Gasteiger charge is 2.27.